The molecule has 0 aliphatic carbocycles. The fourth-order valence-electron chi connectivity index (χ4n) is 3.40. The predicted octanol–water partition coefficient (Wildman–Crippen LogP) is 4.36. The second-order valence-electron chi connectivity index (χ2n) is 7.00. The monoisotopic (exact) mass is 397 g/mol. The first-order valence-corrected chi connectivity index (χ1v) is 9.76. The van der Waals surface area contributed by atoms with Gasteiger partial charge >= 0.3 is 0 Å². The summed E-state index contributed by atoms with van der Waals surface area (Å²) in [5.41, 5.74) is 5.24. The Morgan fingerprint density at radius 1 is 0.933 bits per heavy atom. The maximum Gasteiger partial charge on any atom is 0.280 e. The smallest absolute Gasteiger partial charge is 0.280 e. The van der Waals surface area contributed by atoms with Crippen molar-refractivity contribution in [3.63, 3.8) is 0 Å². The lowest BCUT2D eigenvalue weighted by Crippen LogP contribution is -2.19. The molecule has 1 amide bonds. The molecule has 0 aliphatic rings. The maximum atomic E-state index is 12.6. The summed E-state index contributed by atoms with van der Waals surface area (Å²) in [4.78, 5) is 20.4. The van der Waals surface area contributed by atoms with E-state index in [1.165, 1.54) is 5.56 Å². The molecule has 30 heavy (non-hydrogen) atoms. The van der Waals surface area contributed by atoms with Gasteiger partial charge < -0.3 is 14.3 Å². The lowest BCUT2D eigenvalue weighted by molar-refractivity contribution is 0.0996. The Morgan fingerprint density at radius 2 is 1.57 bits per heavy atom. The maximum absolute atomic E-state index is 12.6. The van der Waals surface area contributed by atoms with Gasteiger partial charge in [0.05, 0.1) is 12.8 Å². The van der Waals surface area contributed by atoms with Gasteiger partial charge in [0.1, 0.15) is 5.75 Å². The van der Waals surface area contributed by atoms with Crippen LogP contribution < -0.4 is 10.4 Å². The van der Waals surface area contributed by atoms with Crippen molar-refractivity contribution >= 4 is 5.91 Å². The zero-order valence-corrected chi connectivity index (χ0v) is 17.0. The van der Waals surface area contributed by atoms with Gasteiger partial charge in [-0.3, -0.25) is 4.79 Å². The van der Waals surface area contributed by atoms with Gasteiger partial charge in [-0.05, 0) is 42.0 Å². The summed E-state index contributed by atoms with van der Waals surface area (Å²) < 4.78 is 7.23. The predicted molar refractivity (Wildman–Crippen MR) is 117 cm³/mol. The van der Waals surface area contributed by atoms with E-state index in [9.17, 15) is 4.79 Å². The molecular formula is C25H23N3O2. The van der Waals surface area contributed by atoms with Crippen LogP contribution in [-0.2, 0) is 13.5 Å². The van der Waals surface area contributed by atoms with Crippen molar-refractivity contribution < 1.29 is 9.53 Å². The first-order valence-electron chi connectivity index (χ1n) is 9.76. The molecule has 4 aromatic rings. The summed E-state index contributed by atoms with van der Waals surface area (Å²) in [6.45, 7) is 0. The minimum absolute atomic E-state index is 0.278. The van der Waals surface area contributed by atoms with E-state index in [4.69, 9.17) is 4.74 Å². The van der Waals surface area contributed by atoms with Crippen molar-refractivity contribution in [2.24, 2.45) is 12.0 Å². The third kappa shape index (κ3) is 4.10. The number of H-pyrrole nitrogens is 1. The van der Waals surface area contributed by atoms with Gasteiger partial charge in [0.15, 0.2) is 0 Å². The number of ether oxygens (including phenoxy) is 1. The molecule has 5 nitrogen and oxygen atoms in total. The third-order valence-electron chi connectivity index (χ3n) is 5.07. The van der Waals surface area contributed by atoms with Crippen molar-refractivity contribution in [1.29, 1.82) is 0 Å². The standard InChI is InChI=1S/C25H23N3O2/c1-28-22(17-18-9-5-3-6-10-18)23(19-13-15-21(30-2)16-14-19)26-25(28)27-24(29)20-11-7-4-8-12-20/h3-16H,17H2,1-2H3,(H,26,27,29). The second kappa shape index (κ2) is 8.66. The second-order valence-corrected chi connectivity index (χ2v) is 7.00. The van der Waals surface area contributed by atoms with Crippen LogP contribution in [0.25, 0.3) is 11.3 Å². The summed E-state index contributed by atoms with van der Waals surface area (Å²) >= 11 is 0. The molecule has 3 aromatic carbocycles. The summed E-state index contributed by atoms with van der Waals surface area (Å²) in [6, 6.07) is 27.2. The van der Waals surface area contributed by atoms with E-state index < -0.39 is 0 Å². The number of amides is 1. The van der Waals surface area contributed by atoms with Gasteiger partial charge in [-0.1, -0.05) is 48.5 Å². The van der Waals surface area contributed by atoms with Gasteiger partial charge in [-0.2, -0.15) is 4.99 Å². The number of carbonyl (C=O) groups excluding carboxylic acids is 1. The lowest BCUT2D eigenvalue weighted by atomic mass is 10.0. The first kappa shape index (κ1) is 19.5. The average Bonchev–Trinajstić information content (AvgIpc) is 3.10. The van der Waals surface area contributed by atoms with Crippen LogP contribution in [0.3, 0.4) is 0 Å². The van der Waals surface area contributed by atoms with E-state index in [1.807, 2.05) is 72.3 Å². The zero-order chi connectivity index (χ0) is 20.9. The summed E-state index contributed by atoms with van der Waals surface area (Å²) in [5, 5.41) is 0. The molecule has 0 radical (unpaired) electrons. The van der Waals surface area contributed by atoms with Crippen LogP contribution in [0.2, 0.25) is 0 Å². The quantitative estimate of drug-likeness (QED) is 0.544. The Balaban J connectivity index is 1.82. The number of methoxy groups -OCH3 is 1. The Hall–Kier alpha value is -3.86. The highest BCUT2D eigenvalue weighted by Gasteiger charge is 2.14. The molecule has 0 aliphatic heterocycles. The van der Waals surface area contributed by atoms with Crippen molar-refractivity contribution in [2.45, 2.75) is 6.42 Å². The van der Waals surface area contributed by atoms with Crippen LogP contribution in [-0.4, -0.2) is 22.6 Å². The molecule has 0 spiro atoms. The minimum Gasteiger partial charge on any atom is -0.497 e. The molecular weight excluding hydrogens is 374 g/mol. The van der Waals surface area contributed by atoms with Gasteiger partial charge in [0.25, 0.3) is 5.91 Å². The molecule has 0 atom stereocenters. The summed E-state index contributed by atoms with van der Waals surface area (Å²) in [5.74, 6) is 0.517. The van der Waals surface area contributed by atoms with Crippen LogP contribution in [0.5, 0.6) is 5.75 Å². The molecule has 5 heteroatoms. The number of imidazole rings is 1. The number of hydrogen-bond donors (Lipinski definition) is 1. The van der Waals surface area contributed by atoms with E-state index in [0.29, 0.717) is 17.6 Å². The van der Waals surface area contributed by atoms with Gasteiger partial charge in [0.2, 0.25) is 5.62 Å². The molecule has 0 saturated heterocycles. The molecule has 1 N–H and O–H groups in total. The SMILES string of the molecule is COc1ccc(-c2[nH]/c(=N\C(=O)c3ccccc3)n(C)c2Cc2ccccc2)cc1. The third-order valence-corrected chi connectivity index (χ3v) is 5.07. The summed E-state index contributed by atoms with van der Waals surface area (Å²) in [7, 11) is 3.58. The van der Waals surface area contributed by atoms with Crippen molar-refractivity contribution in [3.8, 4) is 17.0 Å². The van der Waals surface area contributed by atoms with Crippen LogP contribution >= 0.6 is 0 Å². The van der Waals surface area contributed by atoms with E-state index in [1.54, 1.807) is 19.2 Å². The topological polar surface area (TPSA) is 59.4 Å². The molecule has 4 rings (SSSR count). The van der Waals surface area contributed by atoms with Gasteiger partial charge in [-0.25, -0.2) is 0 Å². The van der Waals surface area contributed by atoms with Crippen LogP contribution in [0.1, 0.15) is 21.6 Å². The van der Waals surface area contributed by atoms with E-state index in [0.717, 1.165) is 22.7 Å². The van der Waals surface area contributed by atoms with Crippen molar-refractivity contribution in [2.75, 3.05) is 7.11 Å². The van der Waals surface area contributed by atoms with E-state index >= 15 is 0 Å². The number of rotatable bonds is 5. The number of aromatic amines is 1. The Labute approximate surface area is 175 Å². The van der Waals surface area contributed by atoms with Crippen LogP contribution in [0.15, 0.2) is 89.9 Å². The highest BCUT2D eigenvalue weighted by molar-refractivity contribution is 5.94. The number of aromatic nitrogens is 2. The largest absolute Gasteiger partial charge is 0.497 e. The fourth-order valence-corrected chi connectivity index (χ4v) is 3.40. The van der Waals surface area contributed by atoms with Crippen molar-refractivity contribution in [1.82, 2.24) is 9.55 Å². The van der Waals surface area contributed by atoms with E-state index in [2.05, 4.69) is 22.1 Å². The van der Waals surface area contributed by atoms with E-state index in [-0.39, 0.29) is 5.91 Å². The highest BCUT2D eigenvalue weighted by Crippen LogP contribution is 2.25. The number of carbonyl (C=O) groups is 1. The van der Waals surface area contributed by atoms with Gasteiger partial charge in [0, 0.05) is 30.3 Å². The van der Waals surface area contributed by atoms with Gasteiger partial charge in [-0.15, -0.1) is 0 Å². The average molecular weight is 397 g/mol. The number of nitrogens with one attached hydrogen (secondary N) is 1. The highest BCUT2D eigenvalue weighted by atomic mass is 16.5. The minimum atomic E-state index is -0.278. The lowest BCUT2D eigenvalue weighted by Gasteiger charge is -2.08. The molecule has 1 aromatic heterocycles. The Kier molecular flexibility index (Phi) is 5.61. The molecule has 0 fully saturated rings. The Bertz CT molecular complexity index is 1210. The molecule has 1 heterocycles. The molecule has 0 unspecified atom stereocenters. The first-order chi connectivity index (χ1) is 14.7. The summed E-state index contributed by atoms with van der Waals surface area (Å²) in [6.07, 6.45) is 0.713. The number of hydrogen-bond acceptors (Lipinski definition) is 2. The number of nitrogens with zero attached hydrogens (tertiary/aromatic N) is 2. The zero-order valence-electron chi connectivity index (χ0n) is 17.0. The fraction of sp³-hybridized carbons (Fsp3) is 0.120. The Morgan fingerprint density at radius 3 is 2.20 bits per heavy atom. The van der Waals surface area contributed by atoms with Crippen LogP contribution in [0.4, 0.5) is 0 Å². The van der Waals surface area contributed by atoms with Crippen molar-refractivity contribution in [3.05, 3.63) is 107 Å². The van der Waals surface area contributed by atoms with Crippen LogP contribution in [0, 0.1) is 0 Å². The molecule has 0 saturated carbocycles. The molecule has 150 valence electrons. The number of benzene rings is 3. The normalized spacial score (nSPS) is 11.5. The molecule has 0 bridgehead atoms.